The van der Waals surface area contributed by atoms with Gasteiger partial charge in [0.1, 0.15) is 0 Å². The first-order chi connectivity index (χ1) is 8.15. The summed E-state index contributed by atoms with van der Waals surface area (Å²) in [6.45, 7) is 3.11. The van der Waals surface area contributed by atoms with E-state index in [1.807, 2.05) is 11.9 Å². The van der Waals surface area contributed by atoms with Crippen molar-refractivity contribution in [1.82, 2.24) is 9.80 Å². The van der Waals surface area contributed by atoms with Gasteiger partial charge in [0.25, 0.3) is 0 Å². The number of hydrogen-bond donors (Lipinski definition) is 1. The predicted octanol–water partition coefficient (Wildman–Crippen LogP) is 0.843. The van der Waals surface area contributed by atoms with Crippen molar-refractivity contribution in [3.63, 3.8) is 0 Å². The zero-order chi connectivity index (χ0) is 12.4. The maximum Gasteiger partial charge on any atom is 0.239 e. The summed E-state index contributed by atoms with van der Waals surface area (Å²) in [5.74, 6) is 0.184. The molecule has 4 nitrogen and oxygen atoms in total. The van der Waals surface area contributed by atoms with E-state index in [2.05, 4.69) is 11.8 Å². The van der Waals surface area contributed by atoms with Crippen LogP contribution in [-0.2, 0) is 4.79 Å². The number of nitrogens with zero attached hydrogens (tertiary/aromatic N) is 2. The lowest BCUT2D eigenvalue weighted by atomic mass is 9.99. The van der Waals surface area contributed by atoms with Crippen molar-refractivity contribution < 1.29 is 9.90 Å². The average molecular weight is 240 g/mol. The predicted molar refractivity (Wildman–Crippen MR) is 66.7 cm³/mol. The van der Waals surface area contributed by atoms with Gasteiger partial charge in [0.2, 0.25) is 5.91 Å². The van der Waals surface area contributed by atoms with Crippen LogP contribution in [0, 0.1) is 0 Å². The lowest BCUT2D eigenvalue weighted by Crippen LogP contribution is -2.62. The van der Waals surface area contributed by atoms with Crippen LogP contribution in [0.2, 0.25) is 0 Å². The number of carbonyl (C=O) groups excluding carboxylic acids is 1. The van der Waals surface area contributed by atoms with E-state index in [1.54, 1.807) is 0 Å². The van der Waals surface area contributed by atoms with Crippen molar-refractivity contribution in [3.05, 3.63) is 0 Å². The Morgan fingerprint density at radius 2 is 2.00 bits per heavy atom. The first kappa shape index (κ1) is 12.8. The van der Waals surface area contributed by atoms with Crippen molar-refractivity contribution in [3.8, 4) is 0 Å². The minimum atomic E-state index is -0.100. The molecule has 1 saturated carbocycles. The Morgan fingerprint density at radius 1 is 1.35 bits per heavy atom. The quantitative estimate of drug-likeness (QED) is 0.795. The molecule has 2 unspecified atom stereocenters. The number of aliphatic hydroxyl groups excluding tert-OH is 1. The van der Waals surface area contributed by atoms with Crippen molar-refractivity contribution in [2.45, 2.75) is 57.2 Å². The summed E-state index contributed by atoms with van der Waals surface area (Å²) in [5.41, 5.74) is 0. The fourth-order valence-electron chi connectivity index (χ4n) is 3.48. The summed E-state index contributed by atoms with van der Waals surface area (Å²) in [4.78, 5) is 16.4. The molecular formula is C13H24N2O2. The van der Waals surface area contributed by atoms with Crippen LogP contribution >= 0.6 is 0 Å². The number of amides is 1. The maximum atomic E-state index is 12.2. The van der Waals surface area contributed by atoms with Crippen LogP contribution in [0.5, 0.6) is 0 Å². The highest BCUT2D eigenvalue weighted by atomic mass is 16.3. The SMILES string of the molecule is CC1CN(C)C(=O)C(CCO)N1C1CCCC1. The number of carbonyl (C=O) groups is 1. The molecule has 2 atom stereocenters. The molecule has 1 heterocycles. The van der Waals surface area contributed by atoms with Crippen LogP contribution in [0.4, 0.5) is 0 Å². The second kappa shape index (κ2) is 5.36. The normalized spacial score (nSPS) is 32.4. The zero-order valence-electron chi connectivity index (χ0n) is 10.9. The van der Waals surface area contributed by atoms with Gasteiger partial charge in [-0.25, -0.2) is 0 Å². The number of piperazine rings is 1. The van der Waals surface area contributed by atoms with Crippen molar-refractivity contribution in [1.29, 1.82) is 0 Å². The standard InChI is InChI=1S/C13H24N2O2/c1-10-9-14(2)13(17)12(7-8-16)15(10)11-5-3-4-6-11/h10-12,16H,3-9H2,1-2H3. The van der Waals surface area contributed by atoms with Gasteiger partial charge < -0.3 is 10.0 Å². The Kier molecular flexibility index (Phi) is 4.05. The number of hydrogen-bond acceptors (Lipinski definition) is 3. The summed E-state index contributed by atoms with van der Waals surface area (Å²) in [5, 5.41) is 9.17. The molecule has 0 radical (unpaired) electrons. The van der Waals surface area contributed by atoms with Gasteiger partial charge >= 0.3 is 0 Å². The first-order valence-electron chi connectivity index (χ1n) is 6.78. The minimum absolute atomic E-state index is 0.0974. The molecule has 2 rings (SSSR count). The topological polar surface area (TPSA) is 43.8 Å². The highest BCUT2D eigenvalue weighted by Gasteiger charge is 2.40. The third-order valence-corrected chi connectivity index (χ3v) is 4.22. The minimum Gasteiger partial charge on any atom is -0.396 e. The van der Waals surface area contributed by atoms with Crippen LogP contribution in [0.25, 0.3) is 0 Å². The fraction of sp³-hybridized carbons (Fsp3) is 0.923. The average Bonchev–Trinajstić information content (AvgIpc) is 2.79. The smallest absolute Gasteiger partial charge is 0.239 e. The molecule has 0 aromatic carbocycles. The second-order valence-electron chi connectivity index (χ2n) is 5.48. The van der Waals surface area contributed by atoms with Crippen LogP contribution in [0.15, 0.2) is 0 Å². The molecule has 17 heavy (non-hydrogen) atoms. The molecule has 1 amide bonds. The Labute approximate surface area is 104 Å². The number of aliphatic hydroxyl groups is 1. The summed E-state index contributed by atoms with van der Waals surface area (Å²) in [6, 6.07) is 0.869. The molecule has 2 fully saturated rings. The highest BCUT2D eigenvalue weighted by Crippen LogP contribution is 2.30. The van der Waals surface area contributed by atoms with Gasteiger partial charge in [-0.2, -0.15) is 0 Å². The van der Waals surface area contributed by atoms with Crippen LogP contribution in [-0.4, -0.2) is 59.1 Å². The molecular weight excluding hydrogens is 216 g/mol. The van der Waals surface area contributed by atoms with E-state index in [0.29, 0.717) is 18.5 Å². The molecule has 1 N–H and O–H groups in total. The van der Waals surface area contributed by atoms with E-state index in [4.69, 9.17) is 0 Å². The van der Waals surface area contributed by atoms with Gasteiger partial charge in [0, 0.05) is 32.3 Å². The van der Waals surface area contributed by atoms with Crippen LogP contribution < -0.4 is 0 Å². The second-order valence-corrected chi connectivity index (χ2v) is 5.48. The van der Waals surface area contributed by atoms with Gasteiger partial charge in [0.15, 0.2) is 0 Å². The van der Waals surface area contributed by atoms with Gasteiger partial charge in [0.05, 0.1) is 6.04 Å². The molecule has 0 aromatic heterocycles. The molecule has 0 spiro atoms. The molecule has 0 bridgehead atoms. The monoisotopic (exact) mass is 240 g/mol. The Balaban J connectivity index is 2.15. The lowest BCUT2D eigenvalue weighted by molar-refractivity contribution is -0.146. The van der Waals surface area contributed by atoms with E-state index in [9.17, 15) is 9.90 Å². The lowest BCUT2D eigenvalue weighted by Gasteiger charge is -2.46. The maximum absolute atomic E-state index is 12.2. The van der Waals surface area contributed by atoms with E-state index < -0.39 is 0 Å². The van der Waals surface area contributed by atoms with E-state index in [-0.39, 0.29) is 18.6 Å². The summed E-state index contributed by atoms with van der Waals surface area (Å²) in [6.07, 6.45) is 5.56. The van der Waals surface area contributed by atoms with Crippen molar-refractivity contribution >= 4 is 5.91 Å². The molecule has 1 aliphatic carbocycles. The summed E-state index contributed by atoms with van der Waals surface area (Å²) < 4.78 is 0. The van der Waals surface area contributed by atoms with E-state index >= 15 is 0 Å². The largest absolute Gasteiger partial charge is 0.396 e. The molecule has 98 valence electrons. The Hall–Kier alpha value is -0.610. The molecule has 1 aliphatic heterocycles. The van der Waals surface area contributed by atoms with Gasteiger partial charge in [-0.05, 0) is 26.2 Å². The summed E-state index contributed by atoms with van der Waals surface area (Å²) in [7, 11) is 1.87. The third kappa shape index (κ3) is 2.47. The van der Waals surface area contributed by atoms with Gasteiger partial charge in [-0.3, -0.25) is 9.69 Å². The molecule has 1 saturated heterocycles. The van der Waals surface area contributed by atoms with Gasteiger partial charge in [-0.1, -0.05) is 12.8 Å². The zero-order valence-corrected chi connectivity index (χ0v) is 10.9. The first-order valence-corrected chi connectivity index (χ1v) is 6.78. The van der Waals surface area contributed by atoms with Crippen LogP contribution in [0.3, 0.4) is 0 Å². The summed E-state index contributed by atoms with van der Waals surface area (Å²) >= 11 is 0. The number of likely N-dealkylation sites (N-methyl/N-ethyl adjacent to an activating group) is 1. The molecule has 4 heteroatoms. The van der Waals surface area contributed by atoms with Crippen molar-refractivity contribution in [2.75, 3.05) is 20.2 Å². The Morgan fingerprint density at radius 3 is 2.59 bits per heavy atom. The highest BCUT2D eigenvalue weighted by molar-refractivity contribution is 5.82. The van der Waals surface area contributed by atoms with E-state index in [0.717, 1.165) is 6.54 Å². The molecule has 0 aromatic rings. The number of rotatable bonds is 3. The van der Waals surface area contributed by atoms with E-state index in [1.165, 1.54) is 25.7 Å². The van der Waals surface area contributed by atoms with Gasteiger partial charge in [-0.15, -0.1) is 0 Å². The van der Waals surface area contributed by atoms with Crippen LogP contribution in [0.1, 0.15) is 39.0 Å². The Bertz CT molecular complexity index is 277. The molecule has 2 aliphatic rings. The third-order valence-electron chi connectivity index (χ3n) is 4.22. The van der Waals surface area contributed by atoms with Crippen molar-refractivity contribution in [2.24, 2.45) is 0 Å². The fourth-order valence-corrected chi connectivity index (χ4v) is 3.48.